The number of benzene rings is 3. The maximum atomic E-state index is 13.2. The van der Waals surface area contributed by atoms with Crippen LogP contribution in [0.15, 0.2) is 84.9 Å². The molecule has 5 nitrogen and oxygen atoms in total. The van der Waals surface area contributed by atoms with Crippen LogP contribution in [0.2, 0.25) is 0 Å². The number of likely N-dealkylation sites (N-methyl/N-ethyl adjacent to an activating group) is 1. The number of quaternary nitrogens is 1. The SMILES string of the molecule is C[C@H](C(=O)NC(c1ccccc1)c1ccccc1)[NH+](C)C[C@@H]1COc2ccccc2O1. The van der Waals surface area contributed by atoms with Crippen molar-refractivity contribution in [2.24, 2.45) is 0 Å². The van der Waals surface area contributed by atoms with Crippen LogP contribution >= 0.6 is 0 Å². The van der Waals surface area contributed by atoms with Gasteiger partial charge in [-0.1, -0.05) is 72.8 Å². The van der Waals surface area contributed by atoms with Crippen LogP contribution in [0.1, 0.15) is 24.1 Å². The molecule has 1 unspecified atom stereocenters. The van der Waals surface area contributed by atoms with Gasteiger partial charge in [0.1, 0.15) is 13.2 Å². The summed E-state index contributed by atoms with van der Waals surface area (Å²) < 4.78 is 11.9. The van der Waals surface area contributed by atoms with Crippen molar-refractivity contribution >= 4 is 5.91 Å². The van der Waals surface area contributed by atoms with Crippen LogP contribution in [0.3, 0.4) is 0 Å². The van der Waals surface area contributed by atoms with Gasteiger partial charge in [-0.2, -0.15) is 0 Å². The summed E-state index contributed by atoms with van der Waals surface area (Å²) in [4.78, 5) is 14.3. The molecule has 3 aromatic carbocycles. The van der Waals surface area contributed by atoms with Crippen LogP contribution in [-0.4, -0.2) is 38.3 Å². The largest absolute Gasteiger partial charge is 0.486 e. The maximum Gasteiger partial charge on any atom is 0.278 e. The molecular formula is C26H29N2O3+. The number of hydrogen-bond donors (Lipinski definition) is 2. The van der Waals surface area contributed by atoms with E-state index in [0.717, 1.165) is 27.5 Å². The van der Waals surface area contributed by atoms with E-state index in [1.54, 1.807) is 0 Å². The predicted molar refractivity (Wildman–Crippen MR) is 120 cm³/mol. The van der Waals surface area contributed by atoms with Crippen molar-refractivity contribution in [1.29, 1.82) is 0 Å². The van der Waals surface area contributed by atoms with E-state index in [9.17, 15) is 4.79 Å². The summed E-state index contributed by atoms with van der Waals surface area (Å²) in [6.45, 7) is 3.11. The molecule has 1 aliphatic rings. The van der Waals surface area contributed by atoms with Gasteiger partial charge in [0, 0.05) is 0 Å². The van der Waals surface area contributed by atoms with E-state index < -0.39 is 0 Å². The standard InChI is InChI=1S/C26H28N2O3/c1-19(28(2)17-22-18-30-23-15-9-10-16-24(23)31-22)26(29)27-25(20-11-5-3-6-12-20)21-13-7-4-8-14-21/h3-16,19,22,25H,17-18H2,1-2H3,(H,27,29)/p+1/t19-,22-/m1/s1. The number of hydrogen-bond acceptors (Lipinski definition) is 3. The van der Waals surface area contributed by atoms with Crippen molar-refractivity contribution in [3.05, 3.63) is 96.1 Å². The Balaban J connectivity index is 1.42. The van der Waals surface area contributed by atoms with Crippen LogP contribution in [-0.2, 0) is 4.79 Å². The van der Waals surface area contributed by atoms with Crippen LogP contribution in [0.4, 0.5) is 0 Å². The van der Waals surface area contributed by atoms with E-state index >= 15 is 0 Å². The Morgan fingerprint density at radius 3 is 2.10 bits per heavy atom. The highest BCUT2D eigenvalue weighted by Crippen LogP contribution is 2.30. The van der Waals surface area contributed by atoms with Crippen LogP contribution < -0.4 is 19.7 Å². The molecule has 0 saturated carbocycles. The Morgan fingerprint density at radius 1 is 0.935 bits per heavy atom. The molecule has 0 bridgehead atoms. The third kappa shape index (κ3) is 5.06. The number of nitrogens with one attached hydrogen (secondary N) is 2. The molecule has 0 spiro atoms. The third-order valence-corrected chi connectivity index (χ3v) is 5.80. The fourth-order valence-electron chi connectivity index (χ4n) is 3.84. The minimum absolute atomic E-state index is 0.00679. The van der Waals surface area contributed by atoms with Crippen molar-refractivity contribution in [3.8, 4) is 11.5 Å². The first-order chi connectivity index (χ1) is 15.1. The first-order valence-corrected chi connectivity index (χ1v) is 10.7. The molecule has 0 aliphatic carbocycles. The van der Waals surface area contributed by atoms with Crippen molar-refractivity contribution in [2.75, 3.05) is 20.2 Å². The molecule has 0 saturated heterocycles. The van der Waals surface area contributed by atoms with Gasteiger partial charge in [0.05, 0.1) is 13.1 Å². The fraction of sp³-hybridized carbons (Fsp3) is 0.269. The lowest BCUT2D eigenvalue weighted by Crippen LogP contribution is -3.15. The van der Waals surface area contributed by atoms with E-state index in [2.05, 4.69) is 5.32 Å². The van der Waals surface area contributed by atoms with Gasteiger partial charge in [0.15, 0.2) is 23.6 Å². The van der Waals surface area contributed by atoms with E-state index in [1.165, 1.54) is 0 Å². The van der Waals surface area contributed by atoms with Gasteiger partial charge in [0.25, 0.3) is 5.91 Å². The summed E-state index contributed by atoms with van der Waals surface area (Å²) in [5.74, 6) is 1.54. The van der Waals surface area contributed by atoms with Gasteiger partial charge in [-0.15, -0.1) is 0 Å². The minimum atomic E-state index is -0.240. The molecule has 4 rings (SSSR count). The third-order valence-electron chi connectivity index (χ3n) is 5.80. The molecule has 1 aliphatic heterocycles. The van der Waals surface area contributed by atoms with Crippen molar-refractivity contribution < 1.29 is 19.2 Å². The van der Waals surface area contributed by atoms with Crippen molar-refractivity contribution in [3.63, 3.8) is 0 Å². The number of ether oxygens (including phenoxy) is 2. The first kappa shape index (κ1) is 20.9. The molecule has 0 radical (unpaired) electrons. The van der Waals surface area contributed by atoms with Crippen LogP contribution in [0.5, 0.6) is 11.5 Å². The second-order valence-corrected chi connectivity index (χ2v) is 8.03. The van der Waals surface area contributed by atoms with Crippen molar-refractivity contribution in [2.45, 2.75) is 25.1 Å². The zero-order chi connectivity index (χ0) is 21.6. The van der Waals surface area contributed by atoms with E-state index in [-0.39, 0.29) is 24.1 Å². The molecule has 5 heteroatoms. The van der Waals surface area contributed by atoms with E-state index in [4.69, 9.17) is 9.47 Å². The second-order valence-electron chi connectivity index (χ2n) is 8.03. The number of amides is 1. The van der Waals surface area contributed by atoms with E-state index in [1.807, 2.05) is 98.9 Å². The normalized spacial score (nSPS) is 17.1. The lowest BCUT2D eigenvalue weighted by molar-refractivity contribution is -0.897. The monoisotopic (exact) mass is 417 g/mol. The van der Waals surface area contributed by atoms with Gasteiger partial charge >= 0.3 is 0 Å². The molecule has 0 fully saturated rings. The smallest absolute Gasteiger partial charge is 0.278 e. The average molecular weight is 418 g/mol. The minimum Gasteiger partial charge on any atom is -0.486 e. The zero-order valence-electron chi connectivity index (χ0n) is 18.0. The Hall–Kier alpha value is -3.31. The molecule has 1 amide bonds. The first-order valence-electron chi connectivity index (χ1n) is 10.7. The molecule has 2 N–H and O–H groups in total. The lowest BCUT2D eigenvalue weighted by Gasteiger charge is -2.30. The molecule has 3 aromatic rings. The fourth-order valence-corrected chi connectivity index (χ4v) is 3.84. The molecule has 3 atom stereocenters. The van der Waals surface area contributed by atoms with Crippen LogP contribution in [0, 0.1) is 0 Å². The summed E-state index contributed by atoms with van der Waals surface area (Å²) >= 11 is 0. The predicted octanol–water partition coefficient (Wildman–Crippen LogP) is 2.64. The summed E-state index contributed by atoms with van der Waals surface area (Å²) in [5.41, 5.74) is 2.13. The summed E-state index contributed by atoms with van der Waals surface area (Å²) in [7, 11) is 2.02. The molecular weight excluding hydrogens is 388 g/mol. The average Bonchev–Trinajstić information content (AvgIpc) is 2.83. The van der Waals surface area contributed by atoms with Gasteiger partial charge in [-0.25, -0.2) is 0 Å². The second kappa shape index (κ2) is 9.67. The Bertz CT molecular complexity index is 954. The quantitative estimate of drug-likeness (QED) is 0.622. The summed E-state index contributed by atoms with van der Waals surface area (Å²) in [6, 6.07) is 27.4. The van der Waals surface area contributed by atoms with Gasteiger partial charge < -0.3 is 19.7 Å². The highest BCUT2D eigenvalue weighted by Gasteiger charge is 2.30. The maximum absolute atomic E-state index is 13.2. The number of fused-ring (bicyclic) bond motifs is 1. The number of rotatable bonds is 7. The Kier molecular flexibility index (Phi) is 6.53. The highest BCUT2D eigenvalue weighted by atomic mass is 16.6. The highest BCUT2D eigenvalue weighted by molar-refractivity contribution is 5.80. The van der Waals surface area contributed by atoms with Gasteiger partial charge in [-0.05, 0) is 30.2 Å². The summed E-state index contributed by atoms with van der Waals surface area (Å²) in [5, 5.41) is 3.25. The zero-order valence-corrected chi connectivity index (χ0v) is 18.0. The Morgan fingerprint density at radius 2 is 1.48 bits per heavy atom. The summed E-state index contributed by atoms with van der Waals surface area (Å²) in [6.07, 6.45) is -0.0933. The van der Waals surface area contributed by atoms with Crippen LogP contribution in [0.25, 0.3) is 0 Å². The van der Waals surface area contributed by atoms with Gasteiger partial charge in [0.2, 0.25) is 0 Å². The Labute approximate surface area is 183 Å². The lowest BCUT2D eigenvalue weighted by atomic mass is 9.98. The molecule has 160 valence electrons. The number of para-hydroxylation sites is 2. The molecule has 0 aromatic heterocycles. The topological polar surface area (TPSA) is 52.0 Å². The molecule has 31 heavy (non-hydrogen) atoms. The number of carbonyl (C=O) groups is 1. The number of carbonyl (C=O) groups excluding carboxylic acids is 1. The van der Waals surface area contributed by atoms with Gasteiger partial charge in [-0.3, -0.25) is 4.79 Å². The molecule has 1 heterocycles. The van der Waals surface area contributed by atoms with Crippen molar-refractivity contribution in [1.82, 2.24) is 5.32 Å². The van der Waals surface area contributed by atoms with E-state index in [0.29, 0.717) is 13.2 Å².